The van der Waals surface area contributed by atoms with E-state index >= 15 is 0 Å². The van der Waals surface area contributed by atoms with Gasteiger partial charge in [0.05, 0.1) is 6.54 Å². The summed E-state index contributed by atoms with van der Waals surface area (Å²) in [7, 11) is 0. The first-order valence-electron chi connectivity index (χ1n) is 7.51. The molecule has 0 aliphatic heterocycles. The van der Waals surface area contributed by atoms with Crippen molar-refractivity contribution in [2.24, 2.45) is 4.99 Å². The molecule has 7 heteroatoms. The number of aliphatic imine (C=N–C) groups is 1. The van der Waals surface area contributed by atoms with Crippen molar-refractivity contribution in [1.82, 2.24) is 25.4 Å². The molecule has 1 rings (SSSR count). The third-order valence-electron chi connectivity index (χ3n) is 3.04. The van der Waals surface area contributed by atoms with Crippen molar-refractivity contribution in [3.63, 3.8) is 0 Å². The molecule has 0 amide bonds. The van der Waals surface area contributed by atoms with Crippen LogP contribution in [0.4, 0.5) is 0 Å². The zero-order valence-corrected chi connectivity index (χ0v) is 16.1. The van der Waals surface area contributed by atoms with E-state index in [0.29, 0.717) is 18.6 Å². The van der Waals surface area contributed by atoms with Crippen LogP contribution in [0.1, 0.15) is 46.9 Å². The summed E-state index contributed by atoms with van der Waals surface area (Å²) < 4.78 is 2.06. The molecule has 6 nitrogen and oxygen atoms in total. The molecule has 1 unspecified atom stereocenters. The fourth-order valence-corrected chi connectivity index (χ4v) is 1.75. The minimum atomic E-state index is 0. The van der Waals surface area contributed by atoms with Crippen LogP contribution in [0.15, 0.2) is 11.3 Å². The molecule has 2 N–H and O–H groups in total. The average Bonchev–Trinajstić information content (AvgIpc) is 2.85. The quantitative estimate of drug-likeness (QED) is 0.413. The number of aryl methyl sites for hydroxylation is 1. The zero-order chi connectivity index (χ0) is 15.0. The van der Waals surface area contributed by atoms with Gasteiger partial charge >= 0.3 is 0 Å². The molecule has 0 saturated heterocycles. The molecule has 1 heterocycles. The van der Waals surface area contributed by atoms with Crippen LogP contribution in [0.5, 0.6) is 0 Å². The van der Waals surface area contributed by atoms with Crippen molar-refractivity contribution in [1.29, 1.82) is 0 Å². The normalized spacial score (nSPS) is 13.0. The van der Waals surface area contributed by atoms with Crippen LogP contribution in [0, 0.1) is 0 Å². The topological polar surface area (TPSA) is 67.1 Å². The van der Waals surface area contributed by atoms with Crippen LogP contribution in [0.25, 0.3) is 0 Å². The van der Waals surface area contributed by atoms with Crippen molar-refractivity contribution >= 4 is 29.9 Å². The Morgan fingerprint density at radius 3 is 2.57 bits per heavy atom. The Bertz CT molecular complexity index is 415. The SMILES string of the molecule is CCc1nncn1CCN=C(NC(C)C)NC(C)CC.I. The number of nitrogens with zero attached hydrogens (tertiary/aromatic N) is 4. The van der Waals surface area contributed by atoms with Crippen molar-refractivity contribution in [2.75, 3.05) is 6.54 Å². The first kappa shape index (κ1) is 20.1. The van der Waals surface area contributed by atoms with Crippen molar-refractivity contribution < 1.29 is 0 Å². The van der Waals surface area contributed by atoms with Crippen molar-refractivity contribution in [3.8, 4) is 0 Å². The molecule has 0 aliphatic rings. The highest BCUT2D eigenvalue weighted by Gasteiger charge is 2.05. The summed E-state index contributed by atoms with van der Waals surface area (Å²) in [6.07, 6.45) is 3.74. The van der Waals surface area contributed by atoms with Gasteiger partial charge in [-0.25, -0.2) is 0 Å². The van der Waals surface area contributed by atoms with Crippen LogP contribution >= 0.6 is 24.0 Å². The maximum absolute atomic E-state index is 4.62. The van der Waals surface area contributed by atoms with Crippen molar-refractivity contribution in [2.45, 2.75) is 66.1 Å². The van der Waals surface area contributed by atoms with Gasteiger partial charge in [0, 0.05) is 25.0 Å². The first-order valence-corrected chi connectivity index (χ1v) is 7.51. The van der Waals surface area contributed by atoms with E-state index in [9.17, 15) is 0 Å². The third kappa shape index (κ3) is 7.63. The fraction of sp³-hybridized carbons (Fsp3) is 0.786. The van der Waals surface area contributed by atoms with Gasteiger partial charge < -0.3 is 15.2 Å². The molecule has 0 radical (unpaired) electrons. The Morgan fingerprint density at radius 2 is 2.00 bits per heavy atom. The maximum Gasteiger partial charge on any atom is 0.191 e. The summed E-state index contributed by atoms with van der Waals surface area (Å²) >= 11 is 0. The summed E-state index contributed by atoms with van der Waals surface area (Å²) in [5.41, 5.74) is 0. The monoisotopic (exact) mass is 408 g/mol. The molecule has 0 fully saturated rings. The Labute approximate surface area is 145 Å². The summed E-state index contributed by atoms with van der Waals surface area (Å²) in [5.74, 6) is 1.88. The lowest BCUT2D eigenvalue weighted by Gasteiger charge is -2.19. The molecular weight excluding hydrogens is 379 g/mol. The van der Waals surface area contributed by atoms with Gasteiger partial charge in [0.2, 0.25) is 0 Å². The van der Waals surface area contributed by atoms with Gasteiger partial charge in [-0.1, -0.05) is 13.8 Å². The second kappa shape index (κ2) is 10.8. The second-order valence-corrected chi connectivity index (χ2v) is 5.28. The highest BCUT2D eigenvalue weighted by molar-refractivity contribution is 14.0. The van der Waals surface area contributed by atoms with Gasteiger partial charge in [0.1, 0.15) is 12.2 Å². The van der Waals surface area contributed by atoms with Gasteiger partial charge in [-0.15, -0.1) is 34.2 Å². The van der Waals surface area contributed by atoms with E-state index in [0.717, 1.165) is 31.2 Å². The van der Waals surface area contributed by atoms with E-state index in [1.54, 1.807) is 6.33 Å². The minimum Gasteiger partial charge on any atom is -0.354 e. The molecule has 122 valence electrons. The second-order valence-electron chi connectivity index (χ2n) is 5.28. The number of hydrogen-bond acceptors (Lipinski definition) is 3. The number of nitrogens with one attached hydrogen (secondary N) is 2. The van der Waals surface area contributed by atoms with Crippen molar-refractivity contribution in [3.05, 3.63) is 12.2 Å². The van der Waals surface area contributed by atoms with E-state index in [1.165, 1.54) is 0 Å². The largest absolute Gasteiger partial charge is 0.354 e. The van der Waals surface area contributed by atoms with E-state index in [1.807, 2.05) is 0 Å². The third-order valence-corrected chi connectivity index (χ3v) is 3.04. The summed E-state index contributed by atoms with van der Waals surface area (Å²) in [6, 6.07) is 0.785. The smallest absolute Gasteiger partial charge is 0.191 e. The van der Waals surface area contributed by atoms with Crippen LogP contribution in [0.2, 0.25) is 0 Å². The molecule has 1 aromatic rings. The number of aromatic nitrogens is 3. The Balaban J connectivity index is 0.00000400. The van der Waals surface area contributed by atoms with Gasteiger partial charge in [0.25, 0.3) is 0 Å². The predicted molar refractivity (Wildman–Crippen MR) is 98.3 cm³/mol. The van der Waals surface area contributed by atoms with Crippen LogP contribution in [-0.4, -0.2) is 39.4 Å². The molecule has 1 atom stereocenters. The average molecular weight is 408 g/mol. The maximum atomic E-state index is 4.62. The van der Waals surface area contributed by atoms with E-state index in [2.05, 4.69) is 65.0 Å². The molecule has 0 saturated carbocycles. The minimum absolute atomic E-state index is 0. The molecule has 0 aromatic carbocycles. The fourth-order valence-electron chi connectivity index (χ4n) is 1.75. The number of hydrogen-bond donors (Lipinski definition) is 2. The molecule has 0 spiro atoms. The summed E-state index contributed by atoms with van der Waals surface area (Å²) in [4.78, 5) is 4.62. The van der Waals surface area contributed by atoms with E-state index < -0.39 is 0 Å². The Kier molecular flexibility index (Phi) is 10.4. The highest BCUT2D eigenvalue weighted by atomic mass is 127. The van der Waals surface area contributed by atoms with E-state index in [-0.39, 0.29) is 24.0 Å². The molecule has 0 bridgehead atoms. The number of rotatable bonds is 7. The van der Waals surface area contributed by atoms with Crippen LogP contribution < -0.4 is 10.6 Å². The lowest BCUT2D eigenvalue weighted by Crippen LogP contribution is -2.45. The Hall–Kier alpha value is -0.860. The molecule has 1 aromatic heterocycles. The summed E-state index contributed by atoms with van der Waals surface area (Å²) in [5, 5.41) is 14.8. The van der Waals surface area contributed by atoms with Gasteiger partial charge in [0.15, 0.2) is 5.96 Å². The molecule has 0 aliphatic carbocycles. The number of halogens is 1. The van der Waals surface area contributed by atoms with E-state index in [4.69, 9.17) is 0 Å². The first-order chi connectivity index (χ1) is 9.56. The van der Waals surface area contributed by atoms with Gasteiger partial charge in [-0.05, 0) is 27.2 Å². The lowest BCUT2D eigenvalue weighted by atomic mass is 10.3. The predicted octanol–water partition coefficient (Wildman–Crippen LogP) is 2.20. The lowest BCUT2D eigenvalue weighted by molar-refractivity contribution is 0.600. The van der Waals surface area contributed by atoms with Gasteiger partial charge in [-0.2, -0.15) is 0 Å². The standard InChI is InChI=1S/C14H28N6.HI/c1-6-12(5)18-14(17-11(3)4)15-8-9-20-10-16-19-13(20)7-2;/h10-12H,6-9H2,1-5H3,(H2,15,17,18);1H. The van der Waals surface area contributed by atoms with Crippen LogP contribution in [-0.2, 0) is 13.0 Å². The number of guanidine groups is 1. The molecular formula is C14H29IN6. The molecule has 21 heavy (non-hydrogen) atoms. The zero-order valence-electron chi connectivity index (χ0n) is 13.8. The summed E-state index contributed by atoms with van der Waals surface area (Å²) in [6.45, 7) is 12.2. The Morgan fingerprint density at radius 1 is 1.29 bits per heavy atom. The highest BCUT2D eigenvalue weighted by Crippen LogP contribution is 1.96. The van der Waals surface area contributed by atoms with Gasteiger partial charge in [-0.3, -0.25) is 4.99 Å². The van der Waals surface area contributed by atoms with Crippen LogP contribution in [0.3, 0.4) is 0 Å².